The van der Waals surface area contributed by atoms with E-state index < -0.39 is 0 Å². The van der Waals surface area contributed by atoms with Crippen molar-refractivity contribution >= 4 is 17.6 Å². The fourth-order valence-corrected chi connectivity index (χ4v) is 3.27. The van der Waals surface area contributed by atoms with Crippen LogP contribution < -0.4 is 10.5 Å². The van der Waals surface area contributed by atoms with E-state index in [1.54, 1.807) is 38.5 Å². The lowest BCUT2D eigenvalue weighted by Crippen LogP contribution is -2.05. The van der Waals surface area contributed by atoms with Gasteiger partial charge in [-0.25, -0.2) is 4.98 Å². The Morgan fingerprint density at radius 3 is 2.14 bits per heavy atom. The van der Waals surface area contributed by atoms with Crippen LogP contribution in [0.2, 0.25) is 0 Å². The lowest BCUT2D eigenvalue weighted by Gasteiger charge is -2.13. The quantitative estimate of drug-likeness (QED) is 0.486. The predicted octanol–water partition coefficient (Wildman–Crippen LogP) is 3.86. The van der Waals surface area contributed by atoms with Gasteiger partial charge in [-0.2, -0.15) is 10.5 Å². The maximum Gasteiger partial charge on any atom is 0.143 e. The summed E-state index contributed by atoms with van der Waals surface area (Å²) in [6, 6.07) is 11.4. The molecule has 7 nitrogen and oxygen atoms in total. The molecule has 0 atom stereocenters. The zero-order valence-corrected chi connectivity index (χ0v) is 18.0. The smallest absolute Gasteiger partial charge is 0.143 e. The molecule has 0 radical (unpaired) electrons. The van der Waals surface area contributed by atoms with Crippen LogP contribution in [-0.4, -0.2) is 44.8 Å². The third-order valence-electron chi connectivity index (χ3n) is 3.64. The number of nitriles is 2. The van der Waals surface area contributed by atoms with Crippen molar-refractivity contribution < 1.29 is 14.2 Å². The van der Waals surface area contributed by atoms with Gasteiger partial charge in [0, 0.05) is 25.5 Å². The highest BCUT2D eigenvalue weighted by atomic mass is 32.2. The maximum atomic E-state index is 9.70. The topological polar surface area (TPSA) is 114 Å². The highest BCUT2D eigenvalue weighted by molar-refractivity contribution is 7.99. The molecule has 0 amide bonds. The van der Waals surface area contributed by atoms with Gasteiger partial charge >= 0.3 is 0 Å². The minimum atomic E-state index is 0.104. The number of aromatic nitrogens is 1. The molecule has 0 unspecified atom stereocenters. The maximum absolute atomic E-state index is 9.70. The number of thioether (sulfide) groups is 1. The van der Waals surface area contributed by atoms with Crippen molar-refractivity contribution in [3.63, 3.8) is 0 Å². The summed E-state index contributed by atoms with van der Waals surface area (Å²) in [5.74, 6) is 1.39. The van der Waals surface area contributed by atoms with Gasteiger partial charge in [-0.15, -0.1) is 11.8 Å². The van der Waals surface area contributed by atoms with E-state index in [9.17, 15) is 10.5 Å². The van der Waals surface area contributed by atoms with Gasteiger partial charge in [-0.05, 0) is 17.7 Å². The summed E-state index contributed by atoms with van der Waals surface area (Å²) in [6.07, 6.45) is 0. The first-order valence-electron chi connectivity index (χ1n) is 9.13. The van der Waals surface area contributed by atoms with Gasteiger partial charge in [0.1, 0.15) is 40.9 Å². The molecular formula is C21H26N4O3S. The van der Waals surface area contributed by atoms with Crippen LogP contribution in [0.25, 0.3) is 11.1 Å². The van der Waals surface area contributed by atoms with Gasteiger partial charge in [0.15, 0.2) is 0 Å². The van der Waals surface area contributed by atoms with Gasteiger partial charge in [-0.1, -0.05) is 26.0 Å². The van der Waals surface area contributed by atoms with Crippen LogP contribution in [0.1, 0.15) is 25.0 Å². The number of hydrogen-bond acceptors (Lipinski definition) is 8. The molecule has 0 aliphatic carbocycles. The van der Waals surface area contributed by atoms with Crippen LogP contribution in [0, 0.1) is 22.7 Å². The van der Waals surface area contributed by atoms with Gasteiger partial charge in [0.25, 0.3) is 0 Å². The van der Waals surface area contributed by atoms with Crippen LogP contribution in [0.4, 0.5) is 5.82 Å². The first kappa shape index (κ1) is 24.3. The Kier molecular flexibility index (Phi) is 11.2. The Morgan fingerprint density at radius 2 is 1.59 bits per heavy atom. The molecule has 0 bridgehead atoms. The number of nitrogens with two attached hydrogens (primary N) is 1. The van der Waals surface area contributed by atoms with Crippen molar-refractivity contribution in [2.24, 2.45) is 0 Å². The third-order valence-corrected chi connectivity index (χ3v) is 4.58. The van der Waals surface area contributed by atoms with Crippen molar-refractivity contribution in [1.29, 1.82) is 10.5 Å². The van der Waals surface area contributed by atoms with E-state index >= 15 is 0 Å². The number of nitrogens with zero attached hydrogens (tertiary/aromatic N) is 3. The second-order valence-corrected chi connectivity index (χ2v) is 6.44. The molecule has 1 aromatic heterocycles. The van der Waals surface area contributed by atoms with Crippen molar-refractivity contribution in [3.05, 3.63) is 35.4 Å². The second kappa shape index (κ2) is 13.4. The van der Waals surface area contributed by atoms with Gasteiger partial charge in [-0.3, -0.25) is 0 Å². The van der Waals surface area contributed by atoms with Crippen LogP contribution in [0.5, 0.6) is 5.75 Å². The van der Waals surface area contributed by atoms with E-state index in [1.807, 2.05) is 13.8 Å². The van der Waals surface area contributed by atoms with Crippen LogP contribution in [0.15, 0.2) is 29.3 Å². The predicted molar refractivity (Wildman–Crippen MR) is 115 cm³/mol. The van der Waals surface area contributed by atoms with E-state index in [0.717, 1.165) is 0 Å². The first-order chi connectivity index (χ1) is 14.2. The number of rotatable bonds is 9. The molecule has 29 heavy (non-hydrogen) atoms. The Hall–Kier alpha value is -2.78. The molecule has 0 fully saturated rings. The Labute approximate surface area is 176 Å². The largest absolute Gasteiger partial charge is 0.491 e. The average Bonchev–Trinajstić information content (AvgIpc) is 2.75. The van der Waals surface area contributed by atoms with E-state index in [0.29, 0.717) is 53.0 Å². The zero-order valence-electron chi connectivity index (χ0n) is 17.2. The van der Waals surface area contributed by atoms with Crippen LogP contribution >= 0.6 is 11.8 Å². The lowest BCUT2D eigenvalue weighted by atomic mass is 9.97. The molecule has 0 aliphatic heterocycles. The van der Waals surface area contributed by atoms with E-state index in [2.05, 4.69) is 17.1 Å². The summed E-state index contributed by atoms with van der Waals surface area (Å²) >= 11 is 1.37. The number of benzene rings is 1. The van der Waals surface area contributed by atoms with Crippen molar-refractivity contribution in [2.75, 3.05) is 45.5 Å². The molecule has 8 heteroatoms. The summed E-state index contributed by atoms with van der Waals surface area (Å²) in [4.78, 5) is 4.24. The Balaban J connectivity index is 0.00000204. The highest BCUT2D eigenvalue weighted by Crippen LogP contribution is 2.36. The lowest BCUT2D eigenvalue weighted by molar-refractivity contribution is 0.146. The molecule has 0 spiro atoms. The van der Waals surface area contributed by atoms with E-state index in [1.165, 1.54) is 11.8 Å². The van der Waals surface area contributed by atoms with Gasteiger partial charge in [0.05, 0.1) is 18.8 Å². The molecule has 0 saturated carbocycles. The molecule has 0 saturated heterocycles. The number of methoxy groups -OCH3 is 2. The molecule has 154 valence electrons. The number of ether oxygens (including phenoxy) is 3. The van der Waals surface area contributed by atoms with Crippen LogP contribution in [-0.2, 0) is 9.47 Å². The Morgan fingerprint density at radius 1 is 0.966 bits per heavy atom. The molecule has 2 aromatic rings. The second-order valence-electron chi connectivity index (χ2n) is 5.36. The molecule has 0 aliphatic rings. The summed E-state index contributed by atoms with van der Waals surface area (Å²) in [5.41, 5.74) is 7.68. The minimum absolute atomic E-state index is 0.104. The standard InChI is InChI=1S/C19H20N4O3S.C2H6/c1-24-7-8-26-14-5-3-13(4-6-14)17-15(11-20)18(22)23-19(16(17)12-21)27-10-9-25-2;1-2/h3-6H,7-10H2,1-2H3,(H2,22,23);1-2H3. The molecule has 1 aromatic carbocycles. The molecular weight excluding hydrogens is 388 g/mol. The monoisotopic (exact) mass is 414 g/mol. The number of nitrogen functional groups attached to an aromatic ring is 1. The fourth-order valence-electron chi connectivity index (χ4n) is 2.37. The number of pyridine rings is 1. The SMILES string of the molecule is CC.COCCOc1ccc(-c2c(C#N)c(N)nc(SCCOC)c2C#N)cc1. The van der Waals surface area contributed by atoms with Crippen molar-refractivity contribution in [3.8, 4) is 29.0 Å². The van der Waals surface area contributed by atoms with Crippen molar-refractivity contribution in [2.45, 2.75) is 18.9 Å². The van der Waals surface area contributed by atoms with Crippen LogP contribution in [0.3, 0.4) is 0 Å². The molecule has 1 heterocycles. The first-order valence-corrected chi connectivity index (χ1v) is 10.1. The summed E-state index contributed by atoms with van der Waals surface area (Å²) in [6.45, 7) is 5.44. The van der Waals surface area contributed by atoms with Crippen molar-refractivity contribution in [1.82, 2.24) is 4.98 Å². The normalized spacial score (nSPS) is 9.72. The zero-order chi connectivity index (χ0) is 21.6. The number of hydrogen-bond donors (Lipinski definition) is 1. The Bertz CT molecular complexity index is 858. The number of anilines is 1. The van der Waals surface area contributed by atoms with E-state index in [4.69, 9.17) is 19.9 Å². The van der Waals surface area contributed by atoms with Gasteiger partial charge in [0.2, 0.25) is 0 Å². The highest BCUT2D eigenvalue weighted by Gasteiger charge is 2.20. The average molecular weight is 415 g/mol. The summed E-state index contributed by atoms with van der Waals surface area (Å²) in [5, 5.41) is 19.7. The van der Waals surface area contributed by atoms with Gasteiger partial charge < -0.3 is 19.9 Å². The minimum Gasteiger partial charge on any atom is -0.491 e. The molecule has 2 N–H and O–H groups in total. The summed E-state index contributed by atoms with van der Waals surface area (Å²) in [7, 11) is 3.21. The summed E-state index contributed by atoms with van der Waals surface area (Å²) < 4.78 is 15.6. The fraction of sp³-hybridized carbons (Fsp3) is 0.381. The third kappa shape index (κ3) is 6.65. The molecule has 2 rings (SSSR count). The van der Waals surface area contributed by atoms with E-state index in [-0.39, 0.29) is 11.4 Å².